The number of rotatable bonds is 6. The minimum absolute atomic E-state index is 0.0486. The van der Waals surface area contributed by atoms with E-state index in [0.29, 0.717) is 0 Å². The summed E-state index contributed by atoms with van der Waals surface area (Å²) in [6.07, 6.45) is 0.354. The van der Waals surface area contributed by atoms with E-state index in [0.717, 1.165) is 0 Å². The number of carboxylic acids is 1. The van der Waals surface area contributed by atoms with Crippen molar-refractivity contribution in [3.05, 3.63) is 0 Å². The zero-order chi connectivity index (χ0) is 12.8. The summed E-state index contributed by atoms with van der Waals surface area (Å²) in [6.45, 7) is 5.20. The monoisotopic (exact) mass is 226 g/mol. The van der Waals surface area contributed by atoms with Crippen LogP contribution in [0.25, 0.3) is 0 Å². The number of carboxylic acid groups (broad SMARTS) is 1. The van der Waals surface area contributed by atoms with Crippen molar-refractivity contribution < 1.29 is 14.7 Å². The predicted molar refractivity (Wildman–Crippen MR) is 58.5 cm³/mol. The van der Waals surface area contributed by atoms with Gasteiger partial charge in [0, 0.05) is 12.5 Å². The third-order valence-electron chi connectivity index (χ3n) is 2.07. The molecular weight excluding hydrogens is 208 g/mol. The molecule has 0 aliphatic carbocycles. The number of nitrogens with one attached hydrogen (secondary N) is 1. The lowest BCUT2D eigenvalue weighted by Crippen LogP contribution is -2.35. The van der Waals surface area contributed by atoms with E-state index in [1.54, 1.807) is 20.8 Å². The van der Waals surface area contributed by atoms with Gasteiger partial charge >= 0.3 is 5.97 Å². The minimum Gasteiger partial charge on any atom is -0.481 e. The van der Waals surface area contributed by atoms with Crippen molar-refractivity contribution in [2.75, 3.05) is 0 Å². The zero-order valence-electron chi connectivity index (χ0n) is 9.91. The quantitative estimate of drug-likeness (QED) is 0.714. The maximum absolute atomic E-state index is 11.5. The van der Waals surface area contributed by atoms with Crippen LogP contribution in [0, 0.1) is 16.7 Å². The molecule has 16 heavy (non-hydrogen) atoms. The number of hydrogen-bond donors (Lipinski definition) is 2. The molecule has 0 aliphatic heterocycles. The lowest BCUT2D eigenvalue weighted by molar-refractivity contribution is -0.139. The molecule has 90 valence electrons. The van der Waals surface area contributed by atoms with Crippen LogP contribution in [0.5, 0.6) is 0 Å². The molecule has 1 unspecified atom stereocenters. The molecule has 0 saturated carbocycles. The fourth-order valence-corrected chi connectivity index (χ4v) is 1.42. The molecule has 0 aromatic rings. The molecule has 0 aromatic heterocycles. The lowest BCUT2D eigenvalue weighted by atomic mass is 9.85. The molecule has 0 radical (unpaired) electrons. The Morgan fingerprint density at radius 3 is 2.44 bits per heavy atom. The number of amides is 1. The summed E-state index contributed by atoms with van der Waals surface area (Å²) in [4.78, 5) is 22.1. The molecule has 2 N–H and O–H groups in total. The maximum atomic E-state index is 11.5. The molecular formula is C11H18N2O3. The molecule has 0 aromatic carbocycles. The molecule has 0 saturated heterocycles. The van der Waals surface area contributed by atoms with Crippen LogP contribution >= 0.6 is 0 Å². The second-order valence-corrected chi connectivity index (χ2v) is 4.74. The smallest absolute Gasteiger partial charge is 0.303 e. The first kappa shape index (κ1) is 14.4. The zero-order valence-corrected chi connectivity index (χ0v) is 9.91. The molecule has 0 bridgehead atoms. The van der Waals surface area contributed by atoms with E-state index in [1.807, 2.05) is 6.07 Å². The van der Waals surface area contributed by atoms with Crippen LogP contribution in [0.2, 0.25) is 0 Å². The molecule has 0 heterocycles. The van der Waals surface area contributed by atoms with Gasteiger partial charge < -0.3 is 10.4 Å². The van der Waals surface area contributed by atoms with Gasteiger partial charge in [-0.1, -0.05) is 13.8 Å². The van der Waals surface area contributed by atoms with Crippen molar-refractivity contribution >= 4 is 11.9 Å². The number of carbonyl (C=O) groups is 2. The van der Waals surface area contributed by atoms with E-state index in [1.165, 1.54) is 0 Å². The molecule has 0 aliphatic rings. The lowest BCUT2D eigenvalue weighted by Gasteiger charge is -2.22. The standard InChI is InChI=1S/C11H18N2O3/c1-8(4-5-12)13-9(14)6-11(2,3)7-10(15)16/h8H,4,6-7H2,1-3H3,(H,13,14)(H,15,16). The molecule has 1 atom stereocenters. The highest BCUT2D eigenvalue weighted by molar-refractivity contribution is 5.78. The van der Waals surface area contributed by atoms with Gasteiger partial charge in [-0.25, -0.2) is 0 Å². The average Bonchev–Trinajstić information content (AvgIpc) is 1.98. The number of carbonyl (C=O) groups excluding carboxylic acids is 1. The van der Waals surface area contributed by atoms with E-state index >= 15 is 0 Å². The van der Waals surface area contributed by atoms with Crippen LogP contribution in [0.15, 0.2) is 0 Å². The summed E-state index contributed by atoms with van der Waals surface area (Å²) >= 11 is 0. The van der Waals surface area contributed by atoms with Gasteiger partial charge in [0.1, 0.15) is 0 Å². The van der Waals surface area contributed by atoms with Crippen LogP contribution < -0.4 is 5.32 Å². The molecule has 5 nitrogen and oxygen atoms in total. The second-order valence-electron chi connectivity index (χ2n) is 4.74. The number of hydrogen-bond acceptors (Lipinski definition) is 3. The Bertz CT molecular complexity index is 305. The first-order chi connectivity index (χ1) is 7.26. The normalized spacial score (nSPS) is 12.6. The highest BCUT2D eigenvalue weighted by atomic mass is 16.4. The number of nitriles is 1. The van der Waals surface area contributed by atoms with Crippen LogP contribution in [-0.4, -0.2) is 23.0 Å². The Balaban J connectivity index is 4.13. The van der Waals surface area contributed by atoms with E-state index < -0.39 is 11.4 Å². The molecule has 0 spiro atoms. The Morgan fingerprint density at radius 2 is 2.00 bits per heavy atom. The maximum Gasteiger partial charge on any atom is 0.303 e. The van der Waals surface area contributed by atoms with E-state index in [9.17, 15) is 9.59 Å². The third-order valence-corrected chi connectivity index (χ3v) is 2.07. The van der Waals surface area contributed by atoms with Gasteiger partial charge in [-0.15, -0.1) is 0 Å². The number of nitrogens with zero attached hydrogens (tertiary/aromatic N) is 1. The predicted octanol–water partition coefficient (Wildman–Crippen LogP) is 1.30. The summed E-state index contributed by atoms with van der Waals surface area (Å²) in [6, 6.07) is 1.76. The van der Waals surface area contributed by atoms with Crippen molar-refractivity contribution in [1.82, 2.24) is 5.32 Å². The topological polar surface area (TPSA) is 90.2 Å². The number of aliphatic carboxylic acids is 1. The summed E-state index contributed by atoms with van der Waals surface area (Å²) in [5, 5.41) is 19.7. The Kier molecular flexibility index (Phi) is 5.51. The summed E-state index contributed by atoms with van der Waals surface area (Å²) in [7, 11) is 0. The van der Waals surface area contributed by atoms with Crippen molar-refractivity contribution in [2.24, 2.45) is 5.41 Å². The molecule has 0 fully saturated rings. The van der Waals surface area contributed by atoms with Gasteiger partial charge in [0.15, 0.2) is 0 Å². The van der Waals surface area contributed by atoms with Crippen LogP contribution in [0.1, 0.15) is 40.0 Å². The molecule has 1 amide bonds. The van der Waals surface area contributed by atoms with Gasteiger partial charge in [0.25, 0.3) is 0 Å². The Labute approximate surface area is 95.4 Å². The first-order valence-electron chi connectivity index (χ1n) is 5.15. The highest BCUT2D eigenvalue weighted by Gasteiger charge is 2.25. The molecule has 5 heteroatoms. The van der Waals surface area contributed by atoms with E-state index in [4.69, 9.17) is 10.4 Å². The van der Waals surface area contributed by atoms with Crippen molar-refractivity contribution in [2.45, 2.75) is 46.1 Å². The third kappa shape index (κ3) is 6.82. The van der Waals surface area contributed by atoms with Crippen molar-refractivity contribution in [1.29, 1.82) is 5.26 Å². The van der Waals surface area contributed by atoms with E-state index in [2.05, 4.69) is 5.32 Å². The first-order valence-corrected chi connectivity index (χ1v) is 5.15. The van der Waals surface area contributed by atoms with Gasteiger partial charge in [-0.2, -0.15) is 5.26 Å². The van der Waals surface area contributed by atoms with Crippen molar-refractivity contribution in [3.8, 4) is 6.07 Å². The minimum atomic E-state index is -0.914. The fraction of sp³-hybridized carbons (Fsp3) is 0.727. The fourth-order valence-electron chi connectivity index (χ4n) is 1.42. The Hall–Kier alpha value is -1.57. The van der Waals surface area contributed by atoms with Crippen molar-refractivity contribution in [3.63, 3.8) is 0 Å². The largest absolute Gasteiger partial charge is 0.481 e. The Morgan fingerprint density at radius 1 is 1.44 bits per heavy atom. The van der Waals surface area contributed by atoms with Crippen LogP contribution in [0.3, 0.4) is 0 Å². The summed E-state index contributed by atoms with van der Waals surface area (Å²) in [5.74, 6) is -1.13. The summed E-state index contributed by atoms with van der Waals surface area (Å²) in [5.41, 5.74) is -0.567. The highest BCUT2D eigenvalue weighted by Crippen LogP contribution is 2.24. The van der Waals surface area contributed by atoms with Gasteiger partial charge in [0.2, 0.25) is 5.91 Å². The van der Waals surface area contributed by atoms with Gasteiger partial charge in [-0.3, -0.25) is 9.59 Å². The SMILES string of the molecule is CC(CC#N)NC(=O)CC(C)(C)CC(=O)O. The molecule has 0 rings (SSSR count). The average molecular weight is 226 g/mol. The van der Waals surface area contributed by atoms with Crippen LogP contribution in [-0.2, 0) is 9.59 Å². The van der Waals surface area contributed by atoms with Gasteiger partial charge in [0.05, 0.1) is 18.9 Å². The van der Waals surface area contributed by atoms with E-state index in [-0.39, 0.29) is 31.2 Å². The second kappa shape index (κ2) is 6.11. The van der Waals surface area contributed by atoms with Crippen LogP contribution in [0.4, 0.5) is 0 Å². The van der Waals surface area contributed by atoms with Gasteiger partial charge in [-0.05, 0) is 12.3 Å². The summed E-state index contributed by atoms with van der Waals surface area (Å²) < 4.78 is 0.